The number of nitrogens with zero attached hydrogens (tertiary/aromatic N) is 1. The minimum atomic E-state index is -3.63. The van der Waals surface area contributed by atoms with Crippen molar-refractivity contribution >= 4 is 47.6 Å². The summed E-state index contributed by atoms with van der Waals surface area (Å²) in [5, 5.41) is 8.77. The summed E-state index contributed by atoms with van der Waals surface area (Å²) in [6.45, 7) is -0.194. The quantitative estimate of drug-likeness (QED) is 0.765. The zero-order valence-electron chi connectivity index (χ0n) is 9.02. The highest BCUT2D eigenvalue weighted by molar-refractivity contribution is 9.11. The van der Waals surface area contributed by atoms with E-state index in [2.05, 4.69) is 31.9 Å². The smallest absolute Gasteiger partial charge is 0.244 e. The third-order valence-corrected chi connectivity index (χ3v) is 5.66. The lowest BCUT2D eigenvalue weighted by Crippen LogP contribution is -2.29. The van der Waals surface area contributed by atoms with Crippen LogP contribution in [0, 0.1) is 0 Å². The number of likely N-dealkylation sites (N-methyl/N-ethyl adjacent to an activating group) is 1. The van der Waals surface area contributed by atoms with Gasteiger partial charge in [0.05, 0.1) is 11.5 Å². The van der Waals surface area contributed by atoms with Crippen molar-refractivity contribution in [3.8, 4) is 0 Å². The minimum Gasteiger partial charge on any atom is -0.398 e. The van der Waals surface area contributed by atoms with Crippen LogP contribution in [-0.2, 0) is 10.0 Å². The van der Waals surface area contributed by atoms with E-state index in [1.165, 1.54) is 19.2 Å². The summed E-state index contributed by atoms with van der Waals surface area (Å²) in [5.74, 6) is 0. The molecule has 96 valence electrons. The molecule has 0 aromatic heterocycles. The first-order valence-electron chi connectivity index (χ1n) is 4.62. The Bertz CT molecular complexity index is 519. The molecule has 0 unspecified atom stereocenters. The predicted octanol–water partition coefficient (Wildman–Crippen LogP) is 1.41. The molecule has 0 saturated carbocycles. The molecule has 3 N–H and O–H groups in total. The summed E-state index contributed by atoms with van der Waals surface area (Å²) in [7, 11) is -2.23. The summed E-state index contributed by atoms with van der Waals surface area (Å²) >= 11 is 6.35. The number of halogens is 2. The number of hydrogen-bond acceptors (Lipinski definition) is 4. The molecule has 0 atom stereocenters. The number of benzene rings is 1. The number of sulfonamides is 1. The molecule has 0 aliphatic carbocycles. The molecule has 0 heterocycles. The fourth-order valence-corrected chi connectivity index (χ4v) is 3.87. The van der Waals surface area contributed by atoms with Crippen LogP contribution in [0.4, 0.5) is 5.69 Å². The van der Waals surface area contributed by atoms with Crippen LogP contribution < -0.4 is 5.73 Å². The van der Waals surface area contributed by atoms with Crippen molar-refractivity contribution in [1.82, 2.24) is 4.31 Å². The molecule has 1 aromatic carbocycles. The largest absolute Gasteiger partial charge is 0.398 e. The van der Waals surface area contributed by atoms with Crippen LogP contribution in [0.5, 0.6) is 0 Å². The molecule has 0 radical (unpaired) electrons. The number of hydrogen-bond donors (Lipinski definition) is 2. The van der Waals surface area contributed by atoms with Gasteiger partial charge in [0, 0.05) is 28.2 Å². The number of aliphatic hydroxyl groups is 1. The van der Waals surface area contributed by atoms with Gasteiger partial charge in [-0.25, -0.2) is 8.42 Å². The zero-order chi connectivity index (χ0) is 13.2. The van der Waals surface area contributed by atoms with Crippen LogP contribution in [0.3, 0.4) is 0 Å². The lowest BCUT2D eigenvalue weighted by molar-refractivity contribution is 0.266. The Morgan fingerprint density at radius 3 is 2.47 bits per heavy atom. The van der Waals surface area contributed by atoms with E-state index < -0.39 is 10.0 Å². The van der Waals surface area contributed by atoms with Gasteiger partial charge in [0.2, 0.25) is 10.0 Å². The SMILES string of the molecule is CN(CCO)S(=O)(=O)c1cc(Br)c(N)cc1Br. The van der Waals surface area contributed by atoms with Crippen LogP contribution >= 0.6 is 31.9 Å². The molecule has 0 aliphatic rings. The number of rotatable bonds is 4. The maximum absolute atomic E-state index is 12.1. The highest BCUT2D eigenvalue weighted by Crippen LogP contribution is 2.31. The molecule has 8 heteroatoms. The molecule has 1 aromatic rings. The standard InChI is InChI=1S/C9H12Br2N2O3S/c1-13(2-3-14)17(15,16)9-5-6(10)8(12)4-7(9)11/h4-5,14H,2-3,12H2,1H3. The Kier molecular flexibility index (Phi) is 4.96. The molecule has 0 bridgehead atoms. The fraction of sp³-hybridized carbons (Fsp3) is 0.333. The van der Waals surface area contributed by atoms with Gasteiger partial charge in [-0.3, -0.25) is 0 Å². The summed E-state index contributed by atoms with van der Waals surface area (Å²) in [6.07, 6.45) is 0. The summed E-state index contributed by atoms with van der Waals surface area (Å²) in [6, 6.07) is 2.95. The summed E-state index contributed by atoms with van der Waals surface area (Å²) < 4.78 is 26.2. The highest BCUT2D eigenvalue weighted by Gasteiger charge is 2.23. The van der Waals surface area contributed by atoms with Gasteiger partial charge < -0.3 is 10.8 Å². The van der Waals surface area contributed by atoms with E-state index in [-0.39, 0.29) is 18.0 Å². The third kappa shape index (κ3) is 3.19. The lowest BCUT2D eigenvalue weighted by atomic mass is 10.3. The Morgan fingerprint density at radius 2 is 1.94 bits per heavy atom. The lowest BCUT2D eigenvalue weighted by Gasteiger charge is -2.17. The molecular weight excluding hydrogens is 376 g/mol. The molecule has 0 aliphatic heterocycles. The van der Waals surface area contributed by atoms with Gasteiger partial charge in [0.1, 0.15) is 0 Å². The average molecular weight is 388 g/mol. The predicted molar refractivity (Wildman–Crippen MR) is 73.2 cm³/mol. The van der Waals surface area contributed by atoms with E-state index in [4.69, 9.17) is 10.8 Å². The fourth-order valence-electron chi connectivity index (χ4n) is 1.17. The molecular formula is C9H12Br2N2O3S. The summed E-state index contributed by atoms with van der Waals surface area (Å²) in [4.78, 5) is 0.106. The molecule has 1 rings (SSSR count). The van der Waals surface area contributed by atoms with Crippen molar-refractivity contribution in [2.24, 2.45) is 0 Å². The van der Waals surface area contributed by atoms with Crippen molar-refractivity contribution in [3.05, 3.63) is 21.1 Å². The van der Waals surface area contributed by atoms with E-state index in [0.717, 1.165) is 4.31 Å². The van der Waals surface area contributed by atoms with Crippen LogP contribution in [0.25, 0.3) is 0 Å². The van der Waals surface area contributed by atoms with Gasteiger partial charge in [-0.15, -0.1) is 0 Å². The zero-order valence-corrected chi connectivity index (χ0v) is 13.0. The second kappa shape index (κ2) is 5.66. The molecule has 0 fully saturated rings. The maximum atomic E-state index is 12.1. The van der Waals surface area contributed by atoms with E-state index >= 15 is 0 Å². The van der Waals surface area contributed by atoms with Crippen molar-refractivity contribution in [3.63, 3.8) is 0 Å². The Hall–Kier alpha value is -0.150. The Labute approximate surface area is 117 Å². The van der Waals surface area contributed by atoms with E-state index in [1.54, 1.807) is 0 Å². The topological polar surface area (TPSA) is 83.6 Å². The van der Waals surface area contributed by atoms with E-state index in [0.29, 0.717) is 14.6 Å². The van der Waals surface area contributed by atoms with Gasteiger partial charge in [0.25, 0.3) is 0 Å². The van der Waals surface area contributed by atoms with Crippen LogP contribution in [0.2, 0.25) is 0 Å². The van der Waals surface area contributed by atoms with Crippen LogP contribution in [0.15, 0.2) is 26.0 Å². The summed E-state index contributed by atoms with van der Waals surface area (Å²) in [5.41, 5.74) is 6.09. The van der Waals surface area contributed by atoms with Gasteiger partial charge in [0.15, 0.2) is 0 Å². The maximum Gasteiger partial charge on any atom is 0.244 e. The minimum absolute atomic E-state index is 0.0385. The number of nitrogen functional groups attached to an aromatic ring is 1. The first kappa shape index (κ1) is 14.9. The van der Waals surface area contributed by atoms with E-state index in [9.17, 15) is 8.42 Å². The van der Waals surface area contributed by atoms with Crippen LogP contribution in [0.1, 0.15) is 0 Å². The first-order valence-corrected chi connectivity index (χ1v) is 7.65. The monoisotopic (exact) mass is 386 g/mol. The number of aliphatic hydroxyl groups excluding tert-OH is 1. The molecule has 0 saturated heterocycles. The van der Waals surface area contributed by atoms with Crippen molar-refractivity contribution in [2.45, 2.75) is 4.90 Å². The number of nitrogens with two attached hydrogens (primary N) is 1. The van der Waals surface area contributed by atoms with Crippen LogP contribution in [-0.4, -0.2) is 38.0 Å². The highest BCUT2D eigenvalue weighted by atomic mass is 79.9. The van der Waals surface area contributed by atoms with Gasteiger partial charge in [-0.05, 0) is 44.0 Å². The first-order chi connectivity index (χ1) is 7.80. The molecule has 0 spiro atoms. The number of anilines is 1. The Morgan fingerprint density at radius 1 is 1.35 bits per heavy atom. The third-order valence-electron chi connectivity index (χ3n) is 2.15. The normalized spacial score (nSPS) is 12.1. The second-order valence-corrected chi connectivity index (χ2v) is 7.08. The van der Waals surface area contributed by atoms with E-state index in [1.807, 2.05) is 0 Å². The molecule has 0 amide bonds. The Balaban J connectivity index is 3.29. The molecule has 5 nitrogen and oxygen atoms in total. The van der Waals surface area contributed by atoms with Crippen molar-refractivity contribution < 1.29 is 13.5 Å². The van der Waals surface area contributed by atoms with Crippen molar-refractivity contribution in [1.29, 1.82) is 0 Å². The van der Waals surface area contributed by atoms with Crippen molar-refractivity contribution in [2.75, 3.05) is 25.9 Å². The average Bonchev–Trinajstić information content (AvgIpc) is 2.23. The van der Waals surface area contributed by atoms with Gasteiger partial charge in [-0.1, -0.05) is 0 Å². The molecule has 17 heavy (non-hydrogen) atoms. The van der Waals surface area contributed by atoms with Gasteiger partial charge >= 0.3 is 0 Å². The van der Waals surface area contributed by atoms with Gasteiger partial charge in [-0.2, -0.15) is 4.31 Å². The second-order valence-electron chi connectivity index (χ2n) is 3.35.